The number of carbonyl (C=O) groups is 2. The molecule has 2 saturated heterocycles. The Morgan fingerprint density at radius 1 is 1.19 bits per heavy atom. The second-order valence-electron chi connectivity index (χ2n) is 8.46. The Balaban J connectivity index is 0.00000171. The zero-order chi connectivity index (χ0) is 20.7. The second-order valence-corrected chi connectivity index (χ2v) is 8.46. The number of likely N-dealkylation sites (N-methyl/N-ethyl adjacent to an activating group) is 1. The number of piperidine rings is 2. The lowest BCUT2D eigenvalue weighted by Crippen LogP contribution is -2.56. The van der Waals surface area contributed by atoms with Crippen molar-refractivity contribution in [3.05, 3.63) is 23.8 Å². The van der Waals surface area contributed by atoms with E-state index in [0.29, 0.717) is 34.8 Å². The van der Waals surface area contributed by atoms with Crippen LogP contribution in [-0.4, -0.2) is 72.4 Å². The van der Waals surface area contributed by atoms with Gasteiger partial charge in [0, 0.05) is 32.2 Å². The van der Waals surface area contributed by atoms with Gasteiger partial charge in [0.25, 0.3) is 11.9 Å². The molecule has 0 spiro atoms. The number of halogens is 2. The minimum absolute atomic E-state index is 0. The highest BCUT2D eigenvalue weighted by Gasteiger charge is 2.40. The number of aromatic nitrogens is 1. The summed E-state index contributed by atoms with van der Waals surface area (Å²) < 4.78 is 6.03. The lowest BCUT2D eigenvalue weighted by atomic mass is 9.81. The van der Waals surface area contributed by atoms with Crippen molar-refractivity contribution in [1.29, 1.82) is 0 Å². The van der Waals surface area contributed by atoms with E-state index < -0.39 is 5.91 Å². The zero-order valence-corrected chi connectivity index (χ0v) is 19.7. The Bertz CT molecular complexity index is 921. The van der Waals surface area contributed by atoms with Gasteiger partial charge in [-0.05, 0) is 44.9 Å². The molecular formula is C21H31Cl2N5O3. The largest absolute Gasteiger partial charge is 0.423 e. The van der Waals surface area contributed by atoms with Crippen molar-refractivity contribution in [3.8, 4) is 0 Å². The van der Waals surface area contributed by atoms with Gasteiger partial charge in [0.05, 0.1) is 5.56 Å². The molecule has 2 aliphatic heterocycles. The van der Waals surface area contributed by atoms with E-state index in [1.807, 2.05) is 4.90 Å². The summed E-state index contributed by atoms with van der Waals surface area (Å²) in [5.74, 6) is -0.549. The maximum Gasteiger partial charge on any atom is 0.299 e. The number of hydrogen-bond acceptors (Lipinski definition) is 6. The van der Waals surface area contributed by atoms with Crippen molar-refractivity contribution >= 4 is 53.7 Å². The first kappa shape index (κ1) is 25.2. The Morgan fingerprint density at radius 3 is 2.42 bits per heavy atom. The highest BCUT2D eigenvalue weighted by Crippen LogP contribution is 2.37. The highest BCUT2D eigenvalue weighted by molar-refractivity contribution is 6.03. The molecule has 4 rings (SSSR count). The van der Waals surface area contributed by atoms with Crippen LogP contribution in [0.3, 0.4) is 0 Å². The van der Waals surface area contributed by atoms with Gasteiger partial charge in [0.2, 0.25) is 5.91 Å². The molecule has 2 aromatic rings. The first-order chi connectivity index (χ1) is 13.8. The van der Waals surface area contributed by atoms with Gasteiger partial charge >= 0.3 is 0 Å². The Kier molecular flexibility index (Phi) is 8.19. The summed E-state index contributed by atoms with van der Waals surface area (Å²) in [7, 11) is 5.71. The van der Waals surface area contributed by atoms with Crippen LogP contribution < -0.4 is 10.6 Å². The number of amides is 2. The average Bonchev–Trinajstić information content (AvgIpc) is 3.09. The van der Waals surface area contributed by atoms with Gasteiger partial charge < -0.3 is 24.9 Å². The third-order valence-corrected chi connectivity index (χ3v) is 6.48. The predicted octanol–water partition coefficient (Wildman–Crippen LogP) is 2.68. The number of para-hydroxylation sites is 1. The number of nitrogens with zero attached hydrogens (tertiary/aromatic N) is 4. The van der Waals surface area contributed by atoms with Crippen molar-refractivity contribution in [2.45, 2.75) is 50.2 Å². The van der Waals surface area contributed by atoms with E-state index in [1.54, 1.807) is 37.2 Å². The second kappa shape index (κ2) is 10.1. The molecule has 2 aliphatic rings. The fourth-order valence-corrected chi connectivity index (χ4v) is 4.74. The van der Waals surface area contributed by atoms with Crippen molar-refractivity contribution in [2.24, 2.45) is 5.73 Å². The fourth-order valence-electron chi connectivity index (χ4n) is 4.74. The van der Waals surface area contributed by atoms with Crippen molar-refractivity contribution in [2.75, 3.05) is 32.6 Å². The van der Waals surface area contributed by atoms with Gasteiger partial charge in [0.15, 0.2) is 5.58 Å². The molecule has 1 aromatic carbocycles. The molecule has 0 aliphatic carbocycles. The molecule has 0 radical (unpaired) electrons. The number of carbonyl (C=O) groups excluding carboxylic acids is 2. The number of hydrogen-bond donors (Lipinski definition) is 1. The molecule has 3 heterocycles. The van der Waals surface area contributed by atoms with Crippen LogP contribution in [0.25, 0.3) is 11.1 Å². The zero-order valence-electron chi connectivity index (χ0n) is 18.1. The average molecular weight is 472 g/mol. The lowest BCUT2D eigenvalue weighted by Gasteiger charge is -2.49. The number of fused-ring (bicyclic) bond motifs is 3. The summed E-state index contributed by atoms with van der Waals surface area (Å²) in [5.41, 5.74) is 6.79. The lowest BCUT2D eigenvalue weighted by molar-refractivity contribution is -0.127. The molecule has 2 bridgehead atoms. The number of primary amides is 1. The highest BCUT2D eigenvalue weighted by atomic mass is 35.5. The molecule has 31 heavy (non-hydrogen) atoms. The molecule has 2 unspecified atom stereocenters. The summed E-state index contributed by atoms with van der Waals surface area (Å²) >= 11 is 0. The van der Waals surface area contributed by atoms with E-state index in [4.69, 9.17) is 10.2 Å². The molecule has 8 nitrogen and oxygen atoms in total. The molecule has 2 atom stereocenters. The number of oxazole rings is 1. The van der Waals surface area contributed by atoms with Gasteiger partial charge in [-0.1, -0.05) is 12.5 Å². The smallest absolute Gasteiger partial charge is 0.299 e. The molecule has 0 saturated carbocycles. The van der Waals surface area contributed by atoms with Crippen LogP contribution in [0.5, 0.6) is 0 Å². The standard InChI is InChI=1S/C21H29N5O3.2ClH/c1-24(2)18(27)12-26(15-10-13-6-4-7-14(11-15)25(13)3)21-23-19-16(20(22)28)8-5-9-17(19)29-21;;/h5,8-9,13-15H,4,6-7,10-12H2,1-3H3,(H2,22,28);2*1H. The maximum absolute atomic E-state index is 12.6. The minimum Gasteiger partial charge on any atom is -0.423 e. The number of benzene rings is 1. The Morgan fingerprint density at radius 2 is 1.84 bits per heavy atom. The van der Waals surface area contributed by atoms with Gasteiger partial charge in [0.1, 0.15) is 12.1 Å². The van der Waals surface area contributed by atoms with Gasteiger partial charge in [-0.3, -0.25) is 9.59 Å². The first-order valence-electron chi connectivity index (χ1n) is 10.2. The summed E-state index contributed by atoms with van der Waals surface area (Å²) in [6, 6.07) is 6.71. The SMILES string of the molecule is CN(C)C(=O)CN(c1nc2c(C(N)=O)cccc2o1)C1CC2CCCC(C1)N2C.Cl.Cl. The summed E-state index contributed by atoms with van der Waals surface area (Å²) in [4.78, 5) is 35.1. The minimum atomic E-state index is -0.541. The first-order valence-corrected chi connectivity index (χ1v) is 10.2. The molecular weight excluding hydrogens is 441 g/mol. The van der Waals surface area contributed by atoms with Crippen LogP contribution in [0, 0.1) is 0 Å². The third-order valence-electron chi connectivity index (χ3n) is 6.48. The van der Waals surface area contributed by atoms with E-state index in [9.17, 15) is 9.59 Å². The van der Waals surface area contributed by atoms with E-state index in [-0.39, 0.29) is 43.3 Å². The molecule has 2 amide bonds. The number of rotatable bonds is 5. The number of anilines is 1. The molecule has 172 valence electrons. The van der Waals surface area contributed by atoms with Crippen LogP contribution in [0.4, 0.5) is 6.01 Å². The van der Waals surface area contributed by atoms with Gasteiger partial charge in [-0.15, -0.1) is 24.8 Å². The fraction of sp³-hybridized carbons (Fsp3) is 0.571. The van der Waals surface area contributed by atoms with Crippen molar-refractivity contribution in [3.63, 3.8) is 0 Å². The quantitative estimate of drug-likeness (QED) is 0.719. The van der Waals surface area contributed by atoms with Crippen LogP contribution in [0.15, 0.2) is 22.6 Å². The molecule has 2 fully saturated rings. The van der Waals surface area contributed by atoms with Crippen LogP contribution in [-0.2, 0) is 4.79 Å². The van der Waals surface area contributed by atoms with E-state index in [2.05, 4.69) is 16.9 Å². The van der Waals surface area contributed by atoms with E-state index in [0.717, 1.165) is 12.8 Å². The Hall–Kier alpha value is -2.03. The topological polar surface area (TPSA) is 95.9 Å². The van der Waals surface area contributed by atoms with Crippen LogP contribution >= 0.6 is 24.8 Å². The van der Waals surface area contributed by atoms with Gasteiger partial charge in [-0.2, -0.15) is 4.98 Å². The van der Waals surface area contributed by atoms with E-state index >= 15 is 0 Å². The summed E-state index contributed by atoms with van der Waals surface area (Å²) in [6.45, 7) is 0.194. The maximum atomic E-state index is 12.6. The van der Waals surface area contributed by atoms with Crippen molar-refractivity contribution < 1.29 is 14.0 Å². The Labute approximate surface area is 194 Å². The van der Waals surface area contributed by atoms with Crippen LogP contribution in [0.1, 0.15) is 42.5 Å². The predicted molar refractivity (Wildman–Crippen MR) is 125 cm³/mol. The normalized spacial score (nSPS) is 22.9. The molecule has 10 heteroatoms. The van der Waals surface area contributed by atoms with Crippen molar-refractivity contribution in [1.82, 2.24) is 14.8 Å². The number of nitrogens with two attached hydrogens (primary N) is 1. The van der Waals surface area contributed by atoms with E-state index in [1.165, 1.54) is 19.3 Å². The third kappa shape index (κ3) is 4.91. The van der Waals surface area contributed by atoms with Gasteiger partial charge in [-0.25, -0.2) is 0 Å². The molecule has 2 N–H and O–H groups in total. The monoisotopic (exact) mass is 471 g/mol. The van der Waals surface area contributed by atoms with Crippen LogP contribution in [0.2, 0.25) is 0 Å². The summed E-state index contributed by atoms with van der Waals surface area (Å²) in [5, 5.41) is 0. The molecule has 1 aromatic heterocycles. The summed E-state index contributed by atoms with van der Waals surface area (Å²) in [6.07, 6.45) is 5.55.